The first kappa shape index (κ1) is 16.8. The van der Waals surface area contributed by atoms with Gasteiger partial charge >= 0.3 is 0 Å². The van der Waals surface area contributed by atoms with Gasteiger partial charge in [-0.25, -0.2) is 0 Å². The fourth-order valence-corrected chi connectivity index (χ4v) is 3.73. The van der Waals surface area contributed by atoms with Gasteiger partial charge in [0.1, 0.15) is 0 Å². The normalized spacial score (nSPS) is 27.9. The van der Waals surface area contributed by atoms with Crippen LogP contribution in [0.5, 0.6) is 0 Å². The highest BCUT2D eigenvalue weighted by Gasteiger charge is 2.34. The summed E-state index contributed by atoms with van der Waals surface area (Å²) in [6.45, 7) is 4.67. The quantitative estimate of drug-likeness (QED) is 0.484. The first-order chi connectivity index (χ1) is 10.2. The van der Waals surface area contributed by atoms with Crippen LogP contribution in [-0.4, -0.2) is 12.2 Å². The van der Waals surface area contributed by atoms with Crippen molar-refractivity contribution in [1.82, 2.24) is 0 Å². The van der Waals surface area contributed by atoms with Crippen LogP contribution < -0.4 is 0 Å². The molecule has 2 unspecified atom stereocenters. The first-order valence-corrected chi connectivity index (χ1v) is 9.24. The number of ether oxygens (including phenoxy) is 1. The zero-order chi connectivity index (χ0) is 15.0. The molecule has 0 radical (unpaired) electrons. The molecule has 2 aliphatic rings. The van der Waals surface area contributed by atoms with Crippen molar-refractivity contribution in [1.29, 1.82) is 0 Å². The molecular formula is C20H34O. The minimum Gasteiger partial charge on any atom is -0.374 e. The maximum Gasteiger partial charge on any atom is 0.0669 e. The largest absolute Gasteiger partial charge is 0.374 e. The van der Waals surface area contributed by atoms with Crippen LogP contribution in [0, 0.1) is 5.41 Å². The van der Waals surface area contributed by atoms with E-state index in [4.69, 9.17) is 4.74 Å². The van der Waals surface area contributed by atoms with Crippen molar-refractivity contribution in [2.45, 2.75) is 96.7 Å². The Balaban J connectivity index is 1.92. The Labute approximate surface area is 131 Å². The van der Waals surface area contributed by atoms with Crippen LogP contribution in [0.4, 0.5) is 0 Å². The number of rotatable bonds is 8. The Kier molecular flexibility index (Phi) is 7.03. The van der Waals surface area contributed by atoms with Gasteiger partial charge in [0.2, 0.25) is 0 Å². The molecule has 2 atom stereocenters. The number of hydrogen-bond acceptors (Lipinski definition) is 1. The van der Waals surface area contributed by atoms with E-state index in [9.17, 15) is 0 Å². The molecule has 0 N–H and O–H groups in total. The van der Waals surface area contributed by atoms with E-state index in [1.54, 1.807) is 0 Å². The highest BCUT2D eigenvalue weighted by atomic mass is 16.5. The van der Waals surface area contributed by atoms with Gasteiger partial charge in [0.15, 0.2) is 0 Å². The van der Waals surface area contributed by atoms with Gasteiger partial charge in [-0.1, -0.05) is 83.1 Å². The maximum atomic E-state index is 6.63. The molecule has 2 aliphatic carbocycles. The van der Waals surface area contributed by atoms with Crippen molar-refractivity contribution < 1.29 is 4.74 Å². The third-order valence-electron chi connectivity index (χ3n) is 5.25. The van der Waals surface area contributed by atoms with Crippen LogP contribution in [0.25, 0.3) is 0 Å². The molecule has 0 spiro atoms. The van der Waals surface area contributed by atoms with Crippen LogP contribution in [-0.2, 0) is 4.74 Å². The molecule has 0 saturated heterocycles. The van der Waals surface area contributed by atoms with E-state index in [-0.39, 0.29) is 5.41 Å². The fourth-order valence-electron chi connectivity index (χ4n) is 3.73. The lowest BCUT2D eigenvalue weighted by Gasteiger charge is -2.39. The van der Waals surface area contributed by atoms with E-state index < -0.39 is 0 Å². The van der Waals surface area contributed by atoms with Gasteiger partial charge in [-0.05, 0) is 25.7 Å². The SMILES string of the molecule is CCCCCCC(OC1CCCCC1)C1(C)C=CC=CC1. The van der Waals surface area contributed by atoms with Crippen molar-refractivity contribution in [3.05, 3.63) is 24.3 Å². The van der Waals surface area contributed by atoms with Gasteiger partial charge in [-0.2, -0.15) is 0 Å². The lowest BCUT2D eigenvalue weighted by molar-refractivity contribution is -0.0788. The lowest BCUT2D eigenvalue weighted by Crippen LogP contribution is -2.37. The summed E-state index contributed by atoms with van der Waals surface area (Å²) in [7, 11) is 0. The zero-order valence-corrected chi connectivity index (χ0v) is 14.2. The molecule has 0 heterocycles. The Bertz CT molecular complexity index is 338. The van der Waals surface area contributed by atoms with Gasteiger partial charge in [0.05, 0.1) is 12.2 Å². The third kappa shape index (κ3) is 5.29. The van der Waals surface area contributed by atoms with Crippen molar-refractivity contribution in [2.24, 2.45) is 5.41 Å². The van der Waals surface area contributed by atoms with Gasteiger partial charge in [0.25, 0.3) is 0 Å². The van der Waals surface area contributed by atoms with Crippen molar-refractivity contribution in [2.75, 3.05) is 0 Å². The van der Waals surface area contributed by atoms with Crippen LogP contribution in [0.1, 0.15) is 84.5 Å². The Morgan fingerprint density at radius 1 is 1.10 bits per heavy atom. The molecule has 2 rings (SSSR count). The summed E-state index contributed by atoms with van der Waals surface area (Å²) in [5.74, 6) is 0. The summed E-state index contributed by atoms with van der Waals surface area (Å²) < 4.78 is 6.63. The zero-order valence-electron chi connectivity index (χ0n) is 14.2. The molecule has 0 aliphatic heterocycles. The van der Waals surface area contributed by atoms with E-state index in [0.717, 1.165) is 6.42 Å². The molecule has 0 aromatic rings. The van der Waals surface area contributed by atoms with E-state index in [1.807, 2.05) is 0 Å². The van der Waals surface area contributed by atoms with E-state index in [1.165, 1.54) is 64.2 Å². The third-order valence-corrected chi connectivity index (χ3v) is 5.25. The molecule has 1 fully saturated rings. The maximum absolute atomic E-state index is 6.63. The van der Waals surface area contributed by atoms with E-state index in [2.05, 4.69) is 38.2 Å². The van der Waals surface area contributed by atoms with Gasteiger partial charge < -0.3 is 4.74 Å². The van der Waals surface area contributed by atoms with Gasteiger partial charge in [0, 0.05) is 5.41 Å². The van der Waals surface area contributed by atoms with Crippen LogP contribution in [0.15, 0.2) is 24.3 Å². The second-order valence-corrected chi connectivity index (χ2v) is 7.23. The highest BCUT2D eigenvalue weighted by molar-refractivity contribution is 5.17. The summed E-state index contributed by atoms with van der Waals surface area (Å²) in [6.07, 6.45) is 24.4. The number of unbranched alkanes of at least 4 members (excludes halogenated alkanes) is 3. The highest BCUT2D eigenvalue weighted by Crippen LogP contribution is 2.38. The summed E-state index contributed by atoms with van der Waals surface area (Å²) in [4.78, 5) is 0. The van der Waals surface area contributed by atoms with Crippen LogP contribution in [0.3, 0.4) is 0 Å². The molecule has 21 heavy (non-hydrogen) atoms. The van der Waals surface area contributed by atoms with E-state index in [0.29, 0.717) is 12.2 Å². The topological polar surface area (TPSA) is 9.23 Å². The molecule has 120 valence electrons. The molecule has 0 aromatic heterocycles. The smallest absolute Gasteiger partial charge is 0.0669 e. The average molecular weight is 290 g/mol. The molecular weight excluding hydrogens is 256 g/mol. The first-order valence-electron chi connectivity index (χ1n) is 9.24. The van der Waals surface area contributed by atoms with Gasteiger partial charge in [-0.15, -0.1) is 0 Å². The standard InChI is InChI=1S/C20H34O/c1-3-4-5-10-15-19(20(2)16-11-7-12-17-20)21-18-13-8-6-9-14-18/h7,11-12,16,18-19H,3-6,8-10,13-15,17H2,1-2H3. The summed E-state index contributed by atoms with van der Waals surface area (Å²) in [6, 6.07) is 0. The minimum absolute atomic E-state index is 0.207. The van der Waals surface area contributed by atoms with Crippen LogP contribution in [0.2, 0.25) is 0 Å². The van der Waals surface area contributed by atoms with E-state index >= 15 is 0 Å². The predicted molar refractivity (Wildman–Crippen MR) is 91.5 cm³/mol. The fraction of sp³-hybridized carbons (Fsp3) is 0.800. The summed E-state index contributed by atoms with van der Waals surface area (Å²) >= 11 is 0. The molecule has 1 saturated carbocycles. The lowest BCUT2D eigenvalue weighted by atomic mass is 9.76. The monoisotopic (exact) mass is 290 g/mol. The summed E-state index contributed by atoms with van der Waals surface area (Å²) in [5, 5.41) is 0. The molecule has 0 aromatic carbocycles. The Morgan fingerprint density at radius 2 is 1.90 bits per heavy atom. The minimum atomic E-state index is 0.207. The second kappa shape index (κ2) is 8.78. The summed E-state index contributed by atoms with van der Waals surface area (Å²) in [5.41, 5.74) is 0.207. The molecule has 0 bridgehead atoms. The Hall–Kier alpha value is -0.560. The second-order valence-electron chi connectivity index (χ2n) is 7.23. The van der Waals surface area contributed by atoms with Crippen LogP contribution >= 0.6 is 0 Å². The number of hydrogen-bond donors (Lipinski definition) is 0. The van der Waals surface area contributed by atoms with Crippen molar-refractivity contribution in [3.63, 3.8) is 0 Å². The molecule has 1 heteroatoms. The average Bonchev–Trinajstić information content (AvgIpc) is 2.52. The molecule has 1 nitrogen and oxygen atoms in total. The van der Waals surface area contributed by atoms with Crippen molar-refractivity contribution >= 4 is 0 Å². The Morgan fingerprint density at radius 3 is 2.57 bits per heavy atom. The number of allylic oxidation sites excluding steroid dienone is 3. The van der Waals surface area contributed by atoms with Crippen molar-refractivity contribution in [3.8, 4) is 0 Å². The predicted octanol–water partition coefficient (Wildman–Crippen LogP) is 6.20. The molecule has 0 amide bonds. The van der Waals surface area contributed by atoms with Gasteiger partial charge in [-0.3, -0.25) is 0 Å².